The maximum atomic E-state index is 13.9. The van der Waals surface area contributed by atoms with Gasteiger partial charge in [0.05, 0.1) is 22.7 Å². The molecule has 2 rings (SSSR count). The van der Waals surface area contributed by atoms with Crippen molar-refractivity contribution in [3.8, 4) is 11.3 Å². The van der Waals surface area contributed by atoms with Crippen molar-refractivity contribution < 1.29 is 18.1 Å². The van der Waals surface area contributed by atoms with Crippen molar-refractivity contribution in [1.29, 1.82) is 0 Å². The third-order valence-electron chi connectivity index (χ3n) is 2.63. The van der Waals surface area contributed by atoms with E-state index in [2.05, 4.69) is 4.98 Å². The number of nitro groups is 1. The molecule has 0 aliphatic heterocycles. The van der Waals surface area contributed by atoms with Gasteiger partial charge < -0.3 is 10.2 Å². The van der Waals surface area contributed by atoms with Crippen molar-refractivity contribution in [2.75, 3.05) is 6.54 Å². The van der Waals surface area contributed by atoms with Gasteiger partial charge in [-0.3, -0.25) is 10.1 Å². The molecule has 2 aromatic rings. The Balaban J connectivity index is 2.42. The van der Waals surface area contributed by atoms with Crippen molar-refractivity contribution in [2.45, 2.75) is 12.8 Å². The summed E-state index contributed by atoms with van der Waals surface area (Å²) in [4.78, 5) is 13.5. The lowest BCUT2D eigenvalue weighted by Gasteiger charge is -2.01. The van der Waals surface area contributed by atoms with Crippen molar-refractivity contribution in [2.24, 2.45) is 5.73 Å². The standard InChI is InChI=1S/C12H11F2N3O3/c13-7-4-8(12(14)9(5-7)17(18)19)10-6-16-11(20-10)2-1-3-15/h4-6H,1-3,15H2. The molecular weight excluding hydrogens is 272 g/mol. The largest absolute Gasteiger partial charge is 0.441 e. The zero-order valence-corrected chi connectivity index (χ0v) is 10.3. The van der Waals surface area contributed by atoms with Crippen LogP contribution >= 0.6 is 0 Å². The molecule has 0 atom stereocenters. The molecule has 0 fully saturated rings. The summed E-state index contributed by atoms with van der Waals surface area (Å²) >= 11 is 0. The molecule has 2 N–H and O–H groups in total. The molecule has 6 nitrogen and oxygen atoms in total. The first-order valence-electron chi connectivity index (χ1n) is 5.81. The molecular formula is C12H11F2N3O3. The highest BCUT2D eigenvalue weighted by Gasteiger charge is 2.23. The molecule has 1 aromatic carbocycles. The third kappa shape index (κ3) is 2.80. The van der Waals surface area contributed by atoms with E-state index in [1.807, 2.05) is 0 Å². The quantitative estimate of drug-likeness (QED) is 0.671. The van der Waals surface area contributed by atoms with Crippen LogP contribution < -0.4 is 5.73 Å². The number of hydrogen-bond acceptors (Lipinski definition) is 5. The summed E-state index contributed by atoms with van der Waals surface area (Å²) in [5, 5.41) is 10.6. The fourth-order valence-electron chi connectivity index (χ4n) is 1.69. The van der Waals surface area contributed by atoms with Crippen LogP contribution in [0, 0.1) is 21.7 Å². The lowest BCUT2D eigenvalue weighted by molar-refractivity contribution is -0.387. The van der Waals surface area contributed by atoms with Crippen molar-refractivity contribution in [3.63, 3.8) is 0 Å². The zero-order chi connectivity index (χ0) is 14.7. The Morgan fingerprint density at radius 3 is 2.80 bits per heavy atom. The number of aryl methyl sites for hydroxylation is 1. The molecule has 0 bridgehead atoms. The first kappa shape index (κ1) is 14.1. The van der Waals surface area contributed by atoms with Crippen LogP contribution in [0.2, 0.25) is 0 Å². The predicted octanol–water partition coefficient (Wildman–Crippen LogP) is 2.42. The SMILES string of the molecule is NCCCc1ncc(-c2cc(F)cc([N+](=O)[O-])c2F)o1. The Hall–Kier alpha value is -2.35. The molecule has 106 valence electrons. The number of benzene rings is 1. The van der Waals surface area contributed by atoms with Crippen molar-refractivity contribution in [1.82, 2.24) is 4.98 Å². The summed E-state index contributed by atoms with van der Waals surface area (Å²) in [5.41, 5.74) is 4.06. The molecule has 0 saturated carbocycles. The van der Waals surface area contributed by atoms with Gasteiger partial charge in [-0.05, 0) is 19.0 Å². The van der Waals surface area contributed by atoms with Crippen LogP contribution in [0.5, 0.6) is 0 Å². The first-order valence-corrected chi connectivity index (χ1v) is 5.81. The van der Waals surface area contributed by atoms with Crippen LogP contribution in [0.3, 0.4) is 0 Å². The molecule has 20 heavy (non-hydrogen) atoms. The lowest BCUT2D eigenvalue weighted by atomic mass is 10.1. The van der Waals surface area contributed by atoms with Gasteiger partial charge in [0.25, 0.3) is 0 Å². The number of nitrogens with two attached hydrogens (primary N) is 1. The molecule has 0 radical (unpaired) electrons. The molecule has 1 aromatic heterocycles. The fraction of sp³-hybridized carbons (Fsp3) is 0.250. The number of oxazole rings is 1. The molecule has 8 heteroatoms. The summed E-state index contributed by atoms with van der Waals surface area (Å²) < 4.78 is 32.5. The van der Waals surface area contributed by atoms with Gasteiger partial charge >= 0.3 is 5.69 Å². The summed E-state index contributed by atoms with van der Waals surface area (Å²) in [5.74, 6) is -1.82. The molecule has 0 aliphatic rings. The van der Waals surface area contributed by atoms with Gasteiger partial charge in [-0.1, -0.05) is 0 Å². The Morgan fingerprint density at radius 1 is 1.40 bits per heavy atom. The minimum Gasteiger partial charge on any atom is -0.441 e. The summed E-state index contributed by atoms with van der Waals surface area (Å²) in [7, 11) is 0. The Labute approximate surface area is 112 Å². The number of hydrogen-bond donors (Lipinski definition) is 1. The van der Waals surface area contributed by atoms with Gasteiger partial charge in [-0.2, -0.15) is 4.39 Å². The average molecular weight is 283 g/mol. The molecule has 0 saturated heterocycles. The first-order chi connectivity index (χ1) is 9.52. The summed E-state index contributed by atoms with van der Waals surface area (Å²) in [6.45, 7) is 0.442. The van der Waals surface area contributed by atoms with Gasteiger partial charge in [0.15, 0.2) is 11.7 Å². The smallest absolute Gasteiger partial charge is 0.308 e. The molecule has 0 amide bonds. The van der Waals surface area contributed by atoms with Crippen LogP contribution in [0.1, 0.15) is 12.3 Å². The van der Waals surface area contributed by atoms with E-state index in [0.717, 1.165) is 6.07 Å². The maximum Gasteiger partial charge on any atom is 0.308 e. The topological polar surface area (TPSA) is 95.2 Å². The van der Waals surface area contributed by atoms with Gasteiger partial charge in [0.2, 0.25) is 5.82 Å². The number of rotatable bonds is 5. The van der Waals surface area contributed by atoms with E-state index in [-0.39, 0.29) is 11.3 Å². The van der Waals surface area contributed by atoms with E-state index in [0.29, 0.717) is 31.3 Å². The summed E-state index contributed by atoms with van der Waals surface area (Å²) in [6.07, 6.45) is 2.29. The Kier molecular flexibility index (Phi) is 4.04. The fourth-order valence-corrected chi connectivity index (χ4v) is 1.69. The predicted molar refractivity (Wildman–Crippen MR) is 65.9 cm³/mol. The van der Waals surface area contributed by atoms with E-state index < -0.39 is 22.2 Å². The summed E-state index contributed by atoms with van der Waals surface area (Å²) in [6, 6.07) is 1.35. The highest BCUT2D eigenvalue weighted by molar-refractivity contribution is 5.62. The lowest BCUT2D eigenvalue weighted by Crippen LogP contribution is -2.00. The van der Waals surface area contributed by atoms with Crippen LogP contribution in [0.4, 0.5) is 14.5 Å². The van der Waals surface area contributed by atoms with Crippen LogP contribution in [-0.2, 0) is 6.42 Å². The van der Waals surface area contributed by atoms with E-state index in [1.165, 1.54) is 6.20 Å². The van der Waals surface area contributed by atoms with Gasteiger partial charge in [0.1, 0.15) is 5.82 Å². The second-order valence-electron chi connectivity index (χ2n) is 4.05. The second kappa shape index (κ2) is 5.74. The third-order valence-corrected chi connectivity index (χ3v) is 2.63. The number of aromatic nitrogens is 1. The average Bonchev–Trinajstić information content (AvgIpc) is 2.87. The Morgan fingerprint density at radius 2 is 2.15 bits per heavy atom. The second-order valence-corrected chi connectivity index (χ2v) is 4.05. The van der Waals surface area contributed by atoms with Crippen molar-refractivity contribution in [3.05, 3.63) is 46.0 Å². The number of nitro benzene ring substituents is 1. The zero-order valence-electron chi connectivity index (χ0n) is 10.3. The van der Waals surface area contributed by atoms with Gasteiger partial charge in [-0.25, -0.2) is 9.37 Å². The van der Waals surface area contributed by atoms with E-state index in [1.54, 1.807) is 0 Å². The van der Waals surface area contributed by atoms with Crippen LogP contribution in [0.25, 0.3) is 11.3 Å². The van der Waals surface area contributed by atoms with Gasteiger partial charge in [-0.15, -0.1) is 0 Å². The monoisotopic (exact) mass is 283 g/mol. The van der Waals surface area contributed by atoms with Crippen molar-refractivity contribution >= 4 is 5.69 Å². The van der Waals surface area contributed by atoms with E-state index >= 15 is 0 Å². The highest BCUT2D eigenvalue weighted by atomic mass is 19.1. The minimum absolute atomic E-state index is 0.0582. The maximum absolute atomic E-state index is 13.9. The number of halogens is 2. The number of nitrogens with zero attached hydrogens (tertiary/aromatic N) is 2. The molecule has 1 heterocycles. The van der Waals surface area contributed by atoms with E-state index in [4.69, 9.17) is 10.2 Å². The van der Waals surface area contributed by atoms with E-state index in [9.17, 15) is 18.9 Å². The molecule has 0 spiro atoms. The molecule has 0 aliphatic carbocycles. The van der Waals surface area contributed by atoms with Crippen LogP contribution in [0.15, 0.2) is 22.7 Å². The molecule has 0 unspecified atom stereocenters. The normalized spacial score (nSPS) is 10.8. The van der Waals surface area contributed by atoms with Gasteiger partial charge in [0, 0.05) is 6.42 Å². The highest BCUT2D eigenvalue weighted by Crippen LogP contribution is 2.30. The minimum atomic E-state index is -1.15. The van der Waals surface area contributed by atoms with Crippen LogP contribution in [-0.4, -0.2) is 16.5 Å². The Bertz CT molecular complexity index is 643.